The largest absolute Gasteiger partial charge is 0.496 e. The van der Waals surface area contributed by atoms with Gasteiger partial charge in [-0.3, -0.25) is 4.79 Å². The van der Waals surface area contributed by atoms with Gasteiger partial charge in [0.25, 0.3) is 5.91 Å². The number of anilines is 1. The number of hydrogen-bond donors (Lipinski definition) is 0. The molecule has 0 saturated carbocycles. The first kappa shape index (κ1) is 16.0. The van der Waals surface area contributed by atoms with Crippen molar-refractivity contribution in [1.82, 2.24) is 9.78 Å². The van der Waals surface area contributed by atoms with Crippen molar-refractivity contribution in [3.63, 3.8) is 0 Å². The minimum Gasteiger partial charge on any atom is -0.496 e. The van der Waals surface area contributed by atoms with Crippen molar-refractivity contribution >= 4 is 17.4 Å². The molecule has 0 unspecified atom stereocenters. The summed E-state index contributed by atoms with van der Waals surface area (Å²) in [5.41, 5.74) is 1.87. The van der Waals surface area contributed by atoms with Gasteiger partial charge in [0.05, 0.1) is 30.2 Å². The standard InChI is InChI=1S/C16H18N4O4/c1-24-14-7-4-6-13-12(14)5-2-3-9-19(13)16(21)11-18-10-8-15(17-18)20(22)23/h4,6-8,10H,2-3,5,9,11H2,1H3. The van der Waals surface area contributed by atoms with E-state index in [-0.39, 0.29) is 18.3 Å². The molecule has 126 valence electrons. The second-order valence-electron chi connectivity index (χ2n) is 5.59. The molecule has 8 nitrogen and oxygen atoms in total. The van der Waals surface area contributed by atoms with Crippen LogP contribution in [0.1, 0.15) is 18.4 Å². The van der Waals surface area contributed by atoms with E-state index in [2.05, 4.69) is 5.10 Å². The zero-order chi connectivity index (χ0) is 17.1. The molecule has 2 aromatic rings. The Labute approximate surface area is 138 Å². The molecule has 2 heterocycles. The van der Waals surface area contributed by atoms with Crippen LogP contribution in [0.3, 0.4) is 0 Å². The number of nitro groups is 1. The van der Waals surface area contributed by atoms with Gasteiger partial charge in [0.15, 0.2) is 0 Å². The zero-order valence-corrected chi connectivity index (χ0v) is 13.3. The molecule has 0 radical (unpaired) electrons. The number of ether oxygens (including phenoxy) is 1. The number of amides is 1. The van der Waals surface area contributed by atoms with Crippen LogP contribution in [0.4, 0.5) is 11.5 Å². The number of hydrogen-bond acceptors (Lipinski definition) is 5. The number of carbonyl (C=O) groups excluding carboxylic acids is 1. The Hall–Kier alpha value is -2.90. The maximum Gasteiger partial charge on any atom is 0.389 e. The lowest BCUT2D eigenvalue weighted by Crippen LogP contribution is -2.34. The predicted octanol–water partition coefficient (Wildman–Crippen LogP) is 2.17. The highest BCUT2D eigenvalue weighted by Crippen LogP contribution is 2.33. The quantitative estimate of drug-likeness (QED) is 0.633. The molecule has 3 rings (SSSR count). The molecule has 0 saturated heterocycles. The third-order valence-corrected chi connectivity index (χ3v) is 4.09. The molecule has 1 aromatic heterocycles. The van der Waals surface area contributed by atoms with Crippen LogP contribution in [-0.2, 0) is 17.8 Å². The lowest BCUT2D eigenvalue weighted by molar-refractivity contribution is -0.389. The molecule has 1 aromatic carbocycles. The molecule has 1 aliphatic rings. The molecule has 0 spiro atoms. The highest BCUT2D eigenvalue weighted by molar-refractivity contribution is 5.94. The Kier molecular flexibility index (Phi) is 4.45. The van der Waals surface area contributed by atoms with E-state index < -0.39 is 4.92 Å². The Morgan fingerprint density at radius 1 is 1.38 bits per heavy atom. The molecule has 0 N–H and O–H groups in total. The normalized spacial score (nSPS) is 14.0. The lowest BCUT2D eigenvalue weighted by Gasteiger charge is -2.23. The number of fused-ring (bicyclic) bond motifs is 1. The van der Waals surface area contributed by atoms with Crippen molar-refractivity contribution in [3.8, 4) is 5.75 Å². The van der Waals surface area contributed by atoms with Crippen LogP contribution in [-0.4, -0.2) is 34.3 Å². The van der Waals surface area contributed by atoms with Crippen molar-refractivity contribution in [3.05, 3.63) is 46.1 Å². The molecule has 0 atom stereocenters. The van der Waals surface area contributed by atoms with Crippen LogP contribution in [0, 0.1) is 10.1 Å². The summed E-state index contributed by atoms with van der Waals surface area (Å²) in [7, 11) is 1.62. The molecular formula is C16H18N4O4. The Morgan fingerprint density at radius 2 is 2.21 bits per heavy atom. The maximum absolute atomic E-state index is 12.7. The second-order valence-corrected chi connectivity index (χ2v) is 5.59. The van der Waals surface area contributed by atoms with Crippen molar-refractivity contribution in [2.75, 3.05) is 18.6 Å². The van der Waals surface area contributed by atoms with Crippen molar-refractivity contribution in [2.24, 2.45) is 0 Å². The fraction of sp³-hybridized carbons (Fsp3) is 0.375. The second kappa shape index (κ2) is 6.69. The SMILES string of the molecule is COc1cccc2c1CCCCN2C(=O)Cn1ccc([N+](=O)[O-])n1. The van der Waals surface area contributed by atoms with Crippen LogP contribution in [0.15, 0.2) is 30.5 Å². The third kappa shape index (κ3) is 3.08. The summed E-state index contributed by atoms with van der Waals surface area (Å²) in [6, 6.07) is 6.95. The summed E-state index contributed by atoms with van der Waals surface area (Å²) in [4.78, 5) is 24.6. The number of carbonyl (C=O) groups is 1. The minimum atomic E-state index is -0.576. The molecule has 1 aliphatic heterocycles. The van der Waals surface area contributed by atoms with E-state index in [1.807, 2.05) is 18.2 Å². The maximum atomic E-state index is 12.7. The predicted molar refractivity (Wildman–Crippen MR) is 87.2 cm³/mol. The molecule has 1 amide bonds. The first-order valence-corrected chi connectivity index (χ1v) is 7.74. The van der Waals surface area contributed by atoms with E-state index in [9.17, 15) is 14.9 Å². The topological polar surface area (TPSA) is 90.5 Å². The van der Waals surface area contributed by atoms with Gasteiger partial charge >= 0.3 is 5.82 Å². The van der Waals surface area contributed by atoms with E-state index in [4.69, 9.17) is 4.74 Å². The van der Waals surface area contributed by atoms with Gasteiger partial charge in [-0.25, -0.2) is 0 Å². The minimum absolute atomic E-state index is 0.0372. The molecular weight excluding hydrogens is 312 g/mol. The van der Waals surface area contributed by atoms with Crippen LogP contribution in [0.5, 0.6) is 5.75 Å². The number of rotatable bonds is 4. The Morgan fingerprint density at radius 3 is 2.92 bits per heavy atom. The van der Waals surface area contributed by atoms with Crippen molar-refractivity contribution in [1.29, 1.82) is 0 Å². The third-order valence-electron chi connectivity index (χ3n) is 4.09. The van der Waals surface area contributed by atoms with E-state index >= 15 is 0 Å². The number of nitrogens with zero attached hydrogens (tertiary/aromatic N) is 4. The van der Waals surface area contributed by atoms with Crippen LogP contribution >= 0.6 is 0 Å². The monoisotopic (exact) mass is 330 g/mol. The summed E-state index contributed by atoms with van der Waals surface area (Å²) in [6.45, 7) is 0.576. The molecule has 0 fully saturated rings. The lowest BCUT2D eigenvalue weighted by atomic mass is 10.1. The molecule has 24 heavy (non-hydrogen) atoms. The average Bonchev–Trinajstić information content (AvgIpc) is 2.92. The van der Waals surface area contributed by atoms with Crippen LogP contribution < -0.4 is 9.64 Å². The zero-order valence-electron chi connectivity index (χ0n) is 13.3. The average molecular weight is 330 g/mol. The van der Waals surface area contributed by atoms with Gasteiger partial charge in [-0.1, -0.05) is 6.07 Å². The van der Waals surface area contributed by atoms with Crippen LogP contribution in [0.2, 0.25) is 0 Å². The summed E-state index contributed by atoms with van der Waals surface area (Å²) < 4.78 is 6.71. The van der Waals surface area contributed by atoms with Gasteiger partial charge in [-0.05, 0) is 36.3 Å². The molecule has 0 bridgehead atoms. The van der Waals surface area contributed by atoms with Gasteiger partial charge in [0, 0.05) is 12.1 Å². The summed E-state index contributed by atoms with van der Waals surface area (Å²) in [5.74, 6) is 0.368. The smallest absolute Gasteiger partial charge is 0.389 e. The number of benzene rings is 1. The van der Waals surface area contributed by atoms with E-state index in [1.54, 1.807) is 12.0 Å². The van der Waals surface area contributed by atoms with Gasteiger partial charge in [0.1, 0.15) is 12.3 Å². The fourth-order valence-corrected chi connectivity index (χ4v) is 2.96. The number of aromatic nitrogens is 2. The highest BCUT2D eigenvalue weighted by atomic mass is 16.6. The van der Waals surface area contributed by atoms with Gasteiger partial charge in [-0.2, -0.15) is 4.68 Å². The first-order chi connectivity index (χ1) is 11.6. The number of methoxy groups -OCH3 is 1. The first-order valence-electron chi connectivity index (χ1n) is 7.74. The van der Waals surface area contributed by atoms with E-state index in [0.717, 1.165) is 36.3 Å². The Balaban J connectivity index is 1.86. The van der Waals surface area contributed by atoms with Crippen molar-refractivity contribution < 1.29 is 14.5 Å². The summed E-state index contributed by atoms with van der Waals surface area (Å²) >= 11 is 0. The van der Waals surface area contributed by atoms with E-state index in [1.165, 1.54) is 16.9 Å². The molecule has 0 aliphatic carbocycles. The van der Waals surface area contributed by atoms with Gasteiger partial charge in [0.2, 0.25) is 0 Å². The highest BCUT2D eigenvalue weighted by Gasteiger charge is 2.24. The summed E-state index contributed by atoms with van der Waals surface area (Å²) in [6.07, 6.45) is 4.17. The van der Waals surface area contributed by atoms with Gasteiger partial charge < -0.3 is 19.8 Å². The van der Waals surface area contributed by atoms with E-state index in [0.29, 0.717) is 6.54 Å². The summed E-state index contributed by atoms with van der Waals surface area (Å²) in [5, 5.41) is 14.5. The van der Waals surface area contributed by atoms with Gasteiger partial charge in [-0.15, -0.1) is 0 Å². The van der Waals surface area contributed by atoms with Crippen molar-refractivity contribution in [2.45, 2.75) is 25.8 Å². The molecule has 8 heteroatoms. The Bertz CT molecular complexity index is 771. The fourth-order valence-electron chi connectivity index (χ4n) is 2.96. The van der Waals surface area contributed by atoms with Crippen LogP contribution in [0.25, 0.3) is 0 Å².